The van der Waals surface area contributed by atoms with Crippen LogP contribution >= 0.6 is 22.9 Å². The molecule has 2 rings (SSSR count). The molecule has 1 saturated carbocycles. The van der Waals surface area contributed by atoms with Gasteiger partial charge >= 0.3 is 0 Å². The predicted octanol–water partition coefficient (Wildman–Crippen LogP) is 2.79. The molecular formula is C11H16ClNOS. The second-order valence-electron chi connectivity index (χ2n) is 4.05. The molecule has 0 aromatic carbocycles. The quantitative estimate of drug-likeness (QED) is 0.859. The van der Waals surface area contributed by atoms with Gasteiger partial charge in [0.2, 0.25) is 0 Å². The van der Waals surface area contributed by atoms with Gasteiger partial charge in [0, 0.05) is 17.5 Å². The lowest BCUT2D eigenvalue weighted by molar-refractivity contribution is 0.0904. The molecule has 2 atom stereocenters. The Morgan fingerprint density at radius 3 is 2.87 bits per heavy atom. The maximum Gasteiger partial charge on any atom is 0.0931 e. The van der Waals surface area contributed by atoms with Crippen molar-refractivity contribution in [1.29, 1.82) is 0 Å². The highest BCUT2D eigenvalue weighted by Gasteiger charge is 2.22. The van der Waals surface area contributed by atoms with Gasteiger partial charge in [0.15, 0.2) is 0 Å². The Labute approximate surface area is 99.3 Å². The molecule has 84 valence electrons. The molecule has 2 nitrogen and oxygen atoms in total. The zero-order chi connectivity index (χ0) is 10.7. The predicted molar refractivity (Wildman–Crippen MR) is 64.4 cm³/mol. The van der Waals surface area contributed by atoms with Crippen LogP contribution in [0.15, 0.2) is 12.1 Å². The van der Waals surface area contributed by atoms with Crippen LogP contribution in [0.5, 0.6) is 0 Å². The Morgan fingerprint density at radius 1 is 1.40 bits per heavy atom. The molecule has 1 fully saturated rings. The Hall–Kier alpha value is -0.0900. The van der Waals surface area contributed by atoms with E-state index in [1.54, 1.807) is 11.3 Å². The zero-order valence-electron chi connectivity index (χ0n) is 8.58. The zero-order valence-corrected chi connectivity index (χ0v) is 10.2. The molecule has 0 amide bonds. The average molecular weight is 246 g/mol. The van der Waals surface area contributed by atoms with Crippen LogP contribution in [-0.4, -0.2) is 17.3 Å². The highest BCUT2D eigenvalue weighted by molar-refractivity contribution is 7.16. The van der Waals surface area contributed by atoms with E-state index in [0.29, 0.717) is 0 Å². The first kappa shape index (κ1) is 11.4. The van der Waals surface area contributed by atoms with E-state index in [9.17, 15) is 5.11 Å². The van der Waals surface area contributed by atoms with Gasteiger partial charge < -0.3 is 10.4 Å². The van der Waals surface area contributed by atoms with Gasteiger partial charge in [-0.15, -0.1) is 11.3 Å². The van der Waals surface area contributed by atoms with Gasteiger partial charge in [-0.25, -0.2) is 0 Å². The van der Waals surface area contributed by atoms with Crippen LogP contribution in [0.4, 0.5) is 0 Å². The molecule has 1 aromatic rings. The molecule has 0 spiro atoms. The molecule has 0 radical (unpaired) electrons. The first-order valence-electron chi connectivity index (χ1n) is 5.41. The van der Waals surface area contributed by atoms with Crippen molar-refractivity contribution in [3.05, 3.63) is 21.3 Å². The number of aliphatic hydroxyl groups excluding tert-OH is 1. The summed E-state index contributed by atoms with van der Waals surface area (Å²) in [4.78, 5) is 1.23. The first-order valence-corrected chi connectivity index (χ1v) is 6.61. The van der Waals surface area contributed by atoms with Crippen LogP contribution in [0.25, 0.3) is 0 Å². The van der Waals surface area contributed by atoms with Crippen molar-refractivity contribution >= 4 is 22.9 Å². The van der Waals surface area contributed by atoms with Gasteiger partial charge in [-0.05, 0) is 25.0 Å². The topological polar surface area (TPSA) is 32.3 Å². The molecule has 4 heteroatoms. The van der Waals surface area contributed by atoms with E-state index >= 15 is 0 Å². The minimum atomic E-state index is -0.172. The third-order valence-corrected chi connectivity index (χ3v) is 4.13. The standard InChI is InChI=1S/C11H16ClNOS/c12-11-6-5-8(15-11)7-13-9-3-1-2-4-10(9)14/h5-6,9-10,13-14H,1-4,7H2. The lowest BCUT2D eigenvalue weighted by atomic mass is 9.92. The number of nitrogens with one attached hydrogen (secondary N) is 1. The molecule has 0 aliphatic heterocycles. The molecule has 0 bridgehead atoms. The highest BCUT2D eigenvalue weighted by Crippen LogP contribution is 2.23. The maximum absolute atomic E-state index is 9.77. The van der Waals surface area contributed by atoms with Crippen molar-refractivity contribution in [3.8, 4) is 0 Å². The molecule has 15 heavy (non-hydrogen) atoms. The fraction of sp³-hybridized carbons (Fsp3) is 0.636. The van der Waals surface area contributed by atoms with E-state index < -0.39 is 0 Å². The summed E-state index contributed by atoms with van der Waals surface area (Å²) in [5.74, 6) is 0. The van der Waals surface area contributed by atoms with Gasteiger partial charge in [-0.1, -0.05) is 24.4 Å². The summed E-state index contributed by atoms with van der Waals surface area (Å²) in [6, 6.07) is 4.22. The second kappa shape index (κ2) is 5.30. The Balaban J connectivity index is 1.81. The fourth-order valence-electron chi connectivity index (χ4n) is 2.03. The molecule has 1 aliphatic rings. The number of rotatable bonds is 3. The number of hydrogen-bond donors (Lipinski definition) is 2. The summed E-state index contributed by atoms with van der Waals surface area (Å²) in [7, 11) is 0. The minimum Gasteiger partial charge on any atom is -0.392 e. The van der Waals surface area contributed by atoms with Crippen LogP contribution in [0.3, 0.4) is 0 Å². The van der Waals surface area contributed by atoms with Crippen LogP contribution in [0.2, 0.25) is 4.34 Å². The van der Waals surface area contributed by atoms with E-state index in [1.165, 1.54) is 11.3 Å². The smallest absolute Gasteiger partial charge is 0.0931 e. The van der Waals surface area contributed by atoms with Crippen LogP contribution in [-0.2, 0) is 6.54 Å². The number of halogens is 1. The molecule has 1 aromatic heterocycles. The Bertz CT molecular complexity index is 315. The first-order chi connectivity index (χ1) is 7.25. The summed E-state index contributed by atoms with van der Waals surface area (Å²) < 4.78 is 0.830. The fourth-order valence-corrected chi connectivity index (χ4v) is 3.07. The number of aliphatic hydroxyl groups is 1. The Kier molecular flexibility index (Phi) is 4.03. The second-order valence-corrected chi connectivity index (χ2v) is 5.84. The summed E-state index contributed by atoms with van der Waals surface area (Å²) in [6.45, 7) is 0.819. The number of thiophene rings is 1. The normalized spacial score (nSPS) is 26.8. The van der Waals surface area contributed by atoms with Gasteiger partial charge in [0.25, 0.3) is 0 Å². The molecule has 2 N–H and O–H groups in total. The maximum atomic E-state index is 9.77. The van der Waals surface area contributed by atoms with E-state index in [2.05, 4.69) is 5.32 Å². The van der Waals surface area contributed by atoms with Gasteiger partial charge in [0.1, 0.15) is 0 Å². The minimum absolute atomic E-state index is 0.172. The summed E-state index contributed by atoms with van der Waals surface area (Å²) >= 11 is 7.45. The van der Waals surface area contributed by atoms with Crippen molar-refractivity contribution in [3.63, 3.8) is 0 Å². The van der Waals surface area contributed by atoms with Gasteiger partial charge in [-0.3, -0.25) is 0 Å². The van der Waals surface area contributed by atoms with Crippen molar-refractivity contribution in [1.82, 2.24) is 5.32 Å². The van der Waals surface area contributed by atoms with Crippen LogP contribution in [0, 0.1) is 0 Å². The van der Waals surface area contributed by atoms with Crippen molar-refractivity contribution in [2.75, 3.05) is 0 Å². The Morgan fingerprint density at radius 2 is 2.20 bits per heavy atom. The van der Waals surface area contributed by atoms with Crippen molar-refractivity contribution in [2.45, 2.75) is 44.4 Å². The molecular weight excluding hydrogens is 230 g/mol. The monoisotopic (exact) mass is 245 g/mol. The van der Waals surface area contributed by atoms with E-state index in [-0.39, 0.29) is 12.1 Å². The van der Waals surface area contributed by atoms with E-state index in [4.69, 9.17) is 11.6 Å². The van der Waals surface area contributed by atoms with Crippen molar-refractivity contribution in [2.24, 2.45) is 0 Å². The SMILES string of the molecule is OC1CCCCC1NCc1ccc(Cl)s1. The molecule has 0 saturated heterocycles. The third-order valence-electron chi connectivity index (χ3n) is 2.90. The molecule has 1 heterocycles. The molecule has 2 unspecified atom stereocenters. The molecule has 1 aliphatic carbocycles. The summed E-state index contributed by atoms with van der Waals surface area (Å²) in [6.07, 6.45) is 4.22. The highest BCUT2D eigenvalue weighted by atomic mass is 35.5. The van der Waals surface area contributed by atoms with Gasteiger partial charge in [0.05, 0.1) is 10.4 Å². The van der Waals surface area contributed by atoms with Gasteiger partial charge in [-0.2, -0.15) is 0 Å². The lowest BCUT2D eigenvalue weighted by Gasteiger charge is -2.28. The van der Waals surface area contributed by atoms with Crippen LogP contribution in [0.1, 0.15) is 30.6 Å². The third kappa shape index (κ3) is 3.18. The largest absolute Gasteiger partial charge is 0.392 e. The van der Waals surface area contributed by atoms with Crippen LogP contribution < -0.4 is 5.32 Å². The van der Waals surface area contributed by atoms with Crippen molar-refractivity contribution < 1.29 is 5.11 Å². The number of hydrogen-bond acceptors (Lipinski definition) is 3. The lowest BCUT2D eigenvalue weighted by Crippen LogP contribution is -2.41. The summed E-state index contributed by atoms with van der Waals surface area (Å²) in [5, 5.41) is 13.2. The van der Waals surface area contributed by atoms with E-state index in [0.717, 1.165) is 30.1 Å². The van der Waals surface area contributed by atoms with E-state index in [1.807, 2.05) is 12.1 Å². The average Bonchev–Trinajstić information content (AvgIpc) is 2.63. The summed E-state index contributed by atoms with van der Waals surface area (Å²) in [5.41, 5.74) is 0.